The third-order valence-electron chi connectivity index (χ3n) is 5.98. The second kappa shape index (κ2) is 9.67. The molecule has 5 nitrogen and oxygen atoms in total. The molecule has 0 bridgehead atoms. The fraction of sp³-hybridized carbons (Fsp3) is 0.360. The second-order valence-electron chi connectivity index (χ2n) is 8.23. The third kappa shape index (κ3) is 5.35. The minimum absolute atomic E-state index is 0.0597. The van der Waals surface area contributed by atoms with E-state index >= 15 is 0 Å². The molecule has 0 unspecified atom stereocenters. The van der Waals surface area contributed by atoms with Gasteiger partial charge in [-0.05, 0) is 69.1 Å². The molecular formula is C25H28ClN3O2. The van der Waals surface area contributed by atoms with Crippen LogP contribution in [0.3, 0.4) is 0 Å². The third-order valence-corrected chi connectivity index (χ3v) is 6.23. The summed E-state index contributed by atoms with van der Waals surface area (Å²) in [6, 6.07) is 15.7. The molecule has 1 aromatic heterocycles. The van der Waals surface area contributed by atoms with E-state index in [2.05, 4.69) is 23.2 Å². The summed E-state index contributed by atoms with van der Waals surface area (Å²) in [5, 5.41) is 3.77. The number of nitrogens with zero attached hydrogens (tertiary/aromatic N) is 2. The van der Waals surface area contributed by atoms with Crippen LogP contribution in [0.25, 0.3) is 11.5 Å². The molecule has 2 heterocycles. The molecule has 1 amide bonds. The van der Waals surface area contributed by atoms with Crippen LogP contribution < -0.4 is 5.32 Å². The Morgan fingerprint density at radius 2 is 1.84 bits per heavy atom. The number of halogens is 1. The molecule has 1 N–H and O–H groups in total. The molecule has 0 aliphatic carbocycles. The van der Waals surface area contributed by atoms with Crippen molar-refractivity contribution in [2.45, 2.75) is 39.8 Å². The van der Waals surface area contributed by atoms with Crippen LogP contribution in [0.5, 0.6) is 0 Å². The summed E-state index contributed by atoms with van der Waals surface area (Å²) >= 11 is 5.91. The standard InChI is InChI=1S/C25H28ClN3O2/c1-17-5-3-4-6-22(17)25-28-23(18(2)31-25)16-29-13-11-20(12-14-29)24(30)27-15-19-7-9-21(26)10-8-19/h3-10,20H,11-16H2,1-2H3,(H,27,30). The Morgan fingerprint density at radius 1 is 1.13 bits per heavy atom. The van der Waals surface area contributed by atoms with Crippen molar-refractivity contribution >= 4 is 17.5 Å². The van der Waals surface area contributed by atoms with Crippen LogP contribution in [0.4, 0.5) is 0 Å². The number of carbonyl (C=O) groups is 1. The van der Waals surface area contributed by atoms with E-state index in [0.717, 1.165) is 60.6 Å². The summed E-state index contributed by atoms with van der Waals surface area (Å²) in [6.45, 7) is 7.09. The zero-order valence-electron chi connectivity index (χ0n) is 18.0. The van der Waals surface area contributed by atoms with Gasteiger partial charge in [-0.3, -0.25) is 9.69 Å². The van der Waals surface area contributed by atoms with Gasteiger partial charge < -0.3 is 9.73 Å². The summed E-state index contributed by atoms with van der Waals surface area (Å²) in [7, 11) is 0. The number of aromatic nitrogens is 1. The highest BCUT2D eigenvalue weighted by Gasteiger charge is 2.26. The van der Waals surface area contributed by atoms with E-state index in [1.807, 2.05) is 49.4 Å². The van der Waals surface area contributed by atoms with Crippen molar-refractivity contribution in [1.82, 2.24) is 15.2 Å². The van der Waals surface area contributed by atoms with E-state index in [0.29, 0.717) is 17.5 Å². The van der Waals surface area contributed by atoms with Crippen molar-refractivity contribution in [3.63, 3.8) is 0 Å². The monoisotopic (exact) mass is 437 g/mol. The van der Waals surface area contributed by atoms with Crippen LogP contribution in [0.2, 0.25) is 5.02 Å². The molecular weight excluding hydrogens is 410 g/mol. The van der Waals surface area contributed by atoms with Crippen LogP contribution in [0.15, 0.2) is 52.9 Å². The molecule has 1 saturated heterocycles. The molecule has 2 aromatic carbocycles. The van der Waals surface area contributed by atoms with Gasteiger partial charge in [-0.1, -0.05) is 41.9 Å². The smallest absolute Gasteiger partial charge is 0.226 e. The highest BCUT2D eigenvalue weighted by molar-refractivity contribution is 6.30. The van der Waals surface area contributed by atoms with Crippen LogP contribution in [0.1, 0.15) is 35.4 Å². The number of nitrogens with one attached hydrogen (secondary N) is 1. The minimum atomic E-state index is 0.0597. The summed E-state index contributed by atoms with van der Waals surface area (Å²) in [5.41, 5.74) is 4.22. The predicted octanol–water partition coefficient (Wildman–Crippen LogP) is 5.14. The molecule has 0 spiro atoms. The SMILES string of the molecule is Cc1ccccc1-c1nc(CN2CCC(C(=O)NCc3ccc(Cl)cc3)CC2)c(C)o1. The molecule has 162 valence electrons. The molecule has 0 atom stereocenters. The lowest BCUT2D eigenvalue weighted by Gasteiger charge is -2.30. The second-order valence-corrected chi connectivity index (χ2v) is 8.67. The van der Waals surface area contributed by atoms with Crippen molar-refractivity contribution in [3.05, 3.63) is 76.1 Å². The quantitative estimate of drug-likeness (QED) is 0.580. The first kappa shape index (κ1) is 21.6. The Balaban J connectivity index is 1.29. The van der Waals surface area contributed by atoms with Crippen LogP contribution >= 0.6 is 11.6 Å². The van der Waals surface area contributed by atoms with Crippen molar-refractivity contribution in [3.8, 4) is 11.5 Å². The topological polar surface area (TPSA) is 58.4 Å². The van der Waals surface area contributed by atoms with Crippen molar-refractivity contribution in [2.75, 3.05) is 13.1 Å². The van der Waals surface area contributed by atoms with Gasteiger partial charge in [0.1, 0.15) is 5.76 Å². The van der Waals surface area contributed by atoms with Gasteiger partial charge in [0.25, 0.3) is 0 Å². The maximum Gasteiger partial charge on any atom is 0.226 e. The van der Waals surface area contributed by atoms with Gasteiger partial charge in [0.05, 0.1) is 5.69 Å². The van der Waals surface area contributed by atoms with E-state index in [-0.39, 0.29) is 11.8 Å². The average Bonchev–Trinajstić information content (AvgIpc) is 3.14. The molecule has 1 fully saturated rings. The molecule has 6 heteroatoms. The van der Waals surface area contributed by atoms with E-state index in [1.54, 1.807) is 0 Å². The first-order valence-corrected chi connectivity index (χ1v) is 11.1. The average molecular weight is 438 g/mol. The Hall–Kier alpha value is -2.63. The van der Waals surface area contributed by atoms with Crippen LogP contribution in [-0.2, 0) is 17.9 Å². The van der Waals surface area contributed by atoms with Gasteiger partial charge >= 0.3 is 0 Å². The normalized spacial score (nSPS) is 15.2. The van der Waals surface area contributed by atoms with Gasteiger partial charge in [-0.25, -0.2) is 4.98 Å². The number of carbonyl (C=O) groups excluding carboxylic acids is 1. The van der Waals surface area contributed by atoms with Crippen LogP contribution in [-0.4, -0.2) is 28.9 Å². The van der Waals surface area contributed by atoms with E-state index in [9.17, 15) is 4.79 Å². The lowest BCUT2D eigenvalue weighted by atomic mass is 9.95. The van der Waals surface area contributed by atoms with Crippen molar-refractivity contribution < 1.29 is 9.21 Å². The number of hydrogen-bond donors (Lipinski definition) is 1. The van der Waals surface area contributed by atoms with E-state index in [4.69, 9.17) is 21.0 Å². The van der Waals surface area contributed by atoms with Gasteiger partial charge in [-0.2, -0.15) is 0 Å². The maximum atomic E-state index is 12.6. The largest absolute Gasteiger partial charge is 0.441 e. The Kier molecular flexibility index (Phi) is 6.73. The summed E-state index contributed by atoms with van der Waals surface area (Å²) < 4.78 is 5.95. The Bertz CT molecular complexity index is 1040. The molecule has 1 aliphatic heterocycles. The number of likely N-dealkylation sites (tertiary alicyclic amines) is 1. The van der Waals surface area contributed by atoms with E-state index < -0.39 is 0 Å². The molecule has 4 rings (SSSR count). The summed E-state index contributed by atoms with van der Waals surface area (Å²) in [4.78, 5) is 19.7. The fourth-order valence-electron chi connectivity index (χ4n) is 4.00. The molecule has 31 heavy (non-hydrogen) atoms. The number of rotatable bonds is 6. The summed E-state index contributed by atoms with van der Waals surface area (Å²) in [5.74, 6) is 1.74. The van der Waals surface area contributed by atoms with Gasteiger partial charge in [0.2, 0.25) is 11.8 Å². The highest BCUT2D eigenvalue weighted by Crippen LogP contribution is 2.26. The predicted molar refractivity (Wildman–Crippen MR) is 123 cm³/mol. The summed E-state index contributed by atoms with van der Waals surface area (Å²) in [6.07, 6.45) is 1.71. The number of aryl methyl sites for hydroxylation is 2. The zero-order chi connectivity index (χ0) is 21.8. The number of hydrogen-bond acceptors (Lipinski definition) is 4. The lowest BCUT2D eigenvalue weighted by Crippen LogP contribution is -2.40. The van der Waals surface area contributed by atoms with Crippen LogP contribution in [0, 0.1) is 19.8 Å². The molecule has 0 saturated carbocycles. The number of amides is 1. The van der Waals surface area contributed by atoms with Crippen molar-refractivity contribution in [1.29, 1.82) is 0 Å². The molecule has 0 radical (unpaired) electrons. The Labute approximate surface area is 188 Å². The highest BCUT2D eigenvalue weighted by atomic mass is 35.5. The number of benzene rings is 2. The zero-order valence-corrected chi connectivity index (χ0v) is 18.8. The van der Waals surface area contributed by atoms with Gasteiger partial charge in [0.15, 0.2) is 0 Å². The lowest BCUT2D eigenvalue weighted by molar-refractivity contribution is -0.126. The number of oxazole rings is 1. The first-order valence-electron chi connectivity index (χ1n) is 10.8. The Morgan fingerprint density at radius 3 is 2.55 bits per heavy atom. The number of piperidine rings is 1. The first-order chi connectivity index (χ1) is 15.0. The van der Waals surface area contributed by atoms with Gasteiger partial charge in [0, 0.05) is 29.6 Å². The molecule has 1 aliphatic rings. The fourth-order valence-corrected chi connectivity index (χ4v) is 4.13. The van der Waals surface area contributed by atoms with Crippen molar-refractivity contribution in [2.24, 2.45) is 5.92 Å². The maximum absolute atomic E-state index is 12.6. The van der Waals surface area contributed by atoms with Gasteiger partial charge in [-0.15, -0.1) is 0 Å². The van der Waals surface area contributed by atoms with E-state index in [1.165, 1.54) is 0 Å². The molecule has 3 aromatic rings. The minimum Gasteiger partial charge on any atom is -0.441 e.